The first-order chi connectivity index (χ1) is 2.89. The highest BCUT2D eigenvalue weighted by atomic mass is 79.9. The van der Waals surface area contributed by atoms with Gasteiger partial charge in [-0.05, 0) is 27.9 Å². The molecule has 0 saturated heterocycles. The molecule has 34 valence electrons. The van der Waals surface area contributed by atoms with Gasteiger partial charge >= 0.3 is 0 Å². The molecule has 0 aliphatic carbocycles. The predicted molar refractivity (Wildman–Crippen MR) is 31.9 cm³/mol. The third-order valence-electron chi connectivity index (χ3n) is 0.410. The molecule has 0 aromatic rings. The molecule has 1 aliphatic heterocycles. The molecule has 1 aliphatic rings. The molecule has 0 spiro atoms. The number of hydrogen-bond acceptors (Lipinski definition) is 3. The van der Waals surface area contributed by atoms with Crippen LogP contribution in [0.3, 0.4) is 0 Å². The summed E-state index contributed by atoms with van der Waals surface area (Å²) < 4.78 is 2.93. The van der Waals surface area contributed by atoms with E-state index in [0.29, 0.717) is 0 Å². The molecule has 2 nitrogen and oxygen atoms in total. The van der Waals surface area contributed by atoms with E-state index in [4.69, 9.17) is 0 Å². The molecule has 1 atom stereocenters. The van der Waals surface area contributed by atoms with E-state index in [1.807, 2.05) is 0 Å². The number of alkyl halides is 1. The van der Waals surface area contributed by atoms with E-state index in [2.05, 4.69) is 25.6 Å². The highest BCUT2D eigenvalue weighted by Crippen LogP contribution is 2.07. The third-order valence-corrected chi connectivity index (χ3v) is 1.76. The monoisotopic (exact) mass is 166 g/mol. The Hall–Kier alpha value is 0.460. The van der Waals surface area contributed by atoms with Gasteiger partial charge in [0.1, 0.15) is 0 Å². The summed E-state index contributed by atoms with van der Waals surface area (Å²) in [5.41, 5.74) is 1.76. The summed E-state index contributed by atoms with van der Waals surface area (Å²) in [6.45, 7) is 0. The van der Waals surface area contributed by atoms with E-state index in [-0.39, 0.29) is 5.08 Å². The second-order valence-corrected chi connectivity index (χ2v) is 2.38. The lowest BCUT2D eigenvalue weighted by Crippen LogP contribution is -2.04. The minimum atomic E-state index is 0.141. The molecule has 1 heterocycles. The van der Waals surface area contributed by atoms with Gasteiger partial charge in [0.2, 0.25) is 0 Å². The van der Waals surface area contributed by atoms with Crippen LogP contribution in [0, 0.1) is 0 Å². The fraction of sp³-hybridized carbons (Fsp3) is 0.500. The minimum Gasteiger partial charge on any atom is -0.254 e. The average molecular weight is 167 g/mol. The van der Waals surface area contributed by atoms with Crippen LogP contribution in [0.4, 0.5) is 0 Å². The van der Waals surface area contributed by atoms with Crippen LogP contribution in [0.5, 0.6) is 0 Å². The van der Waals surface area contributed by atoms with Crippen molar-refractivity contribution in [2.24, 2.45) is 4.99 Å². The first kappa shape index (κ1) is 4.61. The maximum Gasteiger partial charge on any atom is 0.165 e. The number of nitrogens with zero attached hydrogens (tertiary/aromatic N) is 1. The molecular weight excluding hydrogens is 164 g/mol. The number of rotatable bonds is 0. The fourth-order valence-electron chi connectivity index (χ4n) is 0.201. The zero-order valence-corrected chi connectivity index (χ0v) is 5.29. The molecule has 0 amide bonds. The third kappa shape index (κ3) is 0.959. The van der Waals surface area contributed by atoms with Crippen molar-refractivity contribution < 1.29 is 0 Å². The van der Waals surface area contributed by atoms with Crippen molar-refractivity contribution in [2.45, 2.75) is 5.08 Å². The SMILES string of the molecule is BrC1N=CSN1. The number of halogens is 1. The maximum absolute atomic E-state index is 3.88. The highest BCUT2D eigenvalue weighted by Gasteiger charge is 2.01. The van der Waals surface area contributed by atoms with Crippen LogP contribution in [0.25, 0.3) is 0 Å². The second-order valence-electron chi connectivity index (χ2n) is 0.826. The van der Waals surface area contributed by atoms with E-state index < -0.39 is 0 Å². The van der Waals surface area contributed by atoms with Crippen molar-refractivity contribution in [3.8, 4) is 0 Å². The molecule has 4 heteroatoms. The normalized spacial score (nSPS) is 31.8. The van der Waals surface area contributed by atoms with Gasteiger partial charge in [-0.2, -0.15) is 0 Å². The summed E-state index contributed by atoms with van der Waals surface area (Å²) in [4.78, 5) is 3.88. The van der Waals surface area contributed by atoms with Crippen molar-refractivity contribution >= 4 is 33.4 Å². The van der Waals surface area contributed by atoms with Gasteiger partial charge in [-0.25, -0.2) is 4.72 Å². The molecular formula is C2H3BrN2S. The van der Waals surface area contributed by atoms with Gasteiger partial charge in [-0.1, -0.05) is 0 Å². The maximum atomic E-state index is 3.88. The zero-order chi connectivity index (χ0) is 4.41. The van der Waals surface area contributed by atoms with Gasteiger partial charge in [-0.15, -0.1) is 0 Å². The topological polar surface area (TPSA) is 24.4 Å². The lowest BCUT2D eigenvalue weighted by molar-refractivity contribution is 0.957. The van der Waals surface area contributed by atoms with Crippen LogP contribution in [-0.4, -0.2) is 10.6 Å². The Labute approximate surface area is 48.7 Å². The highest BCUT2D eigenvalue weighted by molar-refractivity contribution is 9.09. The Balaban J connectivity index is 2.38. The Bertz CT molecular complexity index is 73.9. The first-order valence-electron chi connectivity index (χ1n) is 1.46. The zero-order valence-electron chi connectivity index (χ0n) is 2.89. The van der Waals surface area contributed by atoms with Crippen LogP contribution in [0.15, 0.2) is 4.99 Å². The summed E-state index contributed by atoms with van der Waals surface area (Å²) >= 11 is 4.70. The molecule has 0 saturated carbocycles. The Kier molecular flexibility index (Phi) is 1.50. The summed E-state index contributed by atoms with van der Waals surface area (Å²) in [6.07, 6.45) is 0. The van der Waals surface area contributed by atoms with Crippen molar-refractivity contribution in [1.29, 1.82) is 0 Å². The lowest BCUT2D eigenvalue weighted by Gasteiger charge is -1.89. The molecule has 1 N–H and O–H groups in total. The lowest BCUT2D eigenvalue weighted by atomic mass is 11.2. The summed E-state index contributed by atoms with van der Waals surface area (Å²) in [6, 6.07) is 0. The van der Waals surface area contributed by atoms with Crippen molar-refractivity contribution in [1.82, 2.24) is 4.72 Å². The van der Waals surface area contributed by atoms with Crippen LogP contribution < -0.4 is 4.72 Å². The Morgan fingerprint density at radius 3 is 3.00 bits per heavy atom. The van der Waals surface area contributed by atoms with Gasteiger partial charge in [0, 0.05) is 0 Å². The molecule has 0 aromatic carbocycles. The van der Waals surface area contributed by atoms with Crippen molar-refractivity contribution in [2.75, 3.05) is 0 Å². The van der Waals surface area contributed by atoms with Gasteiger partial charge in [0.05, 0.1) is 5.55 Å². The molecule has 0 fully saturated rings. The number of nitrogens with one attached hydrogen (secondary N) is 1. The van der Waals surface area contributed by atoms with Crippen LogP contribution in [0.2, 0.25) is 0 Å². The summed E-state index contributed by atoms with van der Waals surface area (Å²) in [5.74, 6) is 0. The average Bonchev–Trinajstić information content (AvgIpc) is 1.86. The molecule has 0 radical (unpaired) electrons. The Morgan fingerprint density at radius 2 is 2.83 bits per heavy atom. The van der Waals surface area contributed by atoms with Crippen molar-refractivity contribution in [3.05, 3.63) is 0 Å². The van der Waals surface area contributed by atoms with E-state index in [0.717, 1.165) is 0 Å². The van der Waals surface area contributed by atoms with Crippen LogP contribution >= 0.6 is 27.9 Å². The standard InChI is InChI=1S/C2H3BrN2S/c3-2-4-1-6-5-2/h1-2,5H. The second kappa shape index (κ2) is 1.95. The largest absolute Gasteiger partial charge is 0.254 e. The summed E-state index contributed by atoms with van der Waals surface area (Å²) in [7, 11) is 0. The van der Waals surface area contributed by atoms with E-state index in [1.54, 1.807) is 5.55 Å². The van der Waals surface area contributed by atoms with Crippen molar-refractivity contribution in [3.63, 3.8) is 0 Å². The number of hydrogen-bond donors (Lipinski definition) is 1. The molecule has 1 unspecified atom stereocenters. The van der Waals surface area contributed by atoms with Gasteiger partial charge < -0.3 is 0 Å². The molecule has 1 rings (SSSR count). The van der Waals surface area contributed by atoms with E-state index in [1.165, 1.54) is 11.9 Å². The quantitative estimate of drug-likeness (QED) is 0.330. The Morgan fingerprint density at radius 1 is 2.00 bits per heavy atom. The van der Waals surface area contributed by atoms with E-state index >= 15 is 0 Å². The smallest absolute Gasteiger partial charge is 0.165 e. The predicted octanol–water partition coefficient (Wildman–Crippen LogP) is 0.945. The fourth-order valence-corrected chi connectivity index (χ4v) is 1.22. The number of aliphatic imine (C=N–C) groups is 1. The van der Waals surface area contributed by atoms with Crippen LogP contribution in [0.1, 0.15) is 0 Å². The summed E-state index contributed by atoms with van der Waals surface area (Å²) in [5, 5.41) is 0.141. The first-order valence-corrected chi connectivity index (χ1v) is 3.26. The van der Waals surface area contributed by atoms with Gasteiger partial charge in [0.15, 0.2) is 5.08 Å². The molecule has 6 heavy (non-hydrogen) atoms. The van der Waals surface area contributed by atoms with E-state index in [9.17, 15) is 0 Å². The minimum absolute atomic E-state index is 0.141. The van der Waals surface area contributed by atoms with Crippen LogP contribution in [-0.2, 0) is 0 Å². The molecule has 0 aromatic heterocycles. The van der Waals surface area contributed by atoms with Gasteiger partial charge in [-0.3, -0.25) is 4.99 Å². The molecule has 0 bridgehead atoms. The van der Waals surface area contributed by atoms with Gasteiger partial charge in [0.25, 0.3) is 0 Å².